The first kappa shape index (κ1) is 15.2. The van der Waals surface area contributed by atoms with Crippen LogP contribution in [-0.2, 0) is 0 Å². The SMILES string of the molecule is CC1=C(CCC(C)Nc2ccccc2)C(C)(C)CCC1. The lowest BCUT2D eigenvalue weighted by atomic mass is 9.71. The fraction of sp³-hybridized carbons (Fsp3) is 0.579. The van der Waals surface area contributed by atoms with Gasteiger partial charge in [0.05, 0.1) is 0 Å². The van der Waals surface area contributed by atoms with E-state index in [4.69, 9.17) is 0 Å². The molecule has 1 aliphatic carbocycles. The average molecular weight is 271 g/mol. The van der Waals surface area contributed by atoms with E-state index in [1.54, 1.807) is 11.1 Å². The minimum Gasteiger partial charge on any atom is -0.383 e. The molecule has 1 aromatic rings. The average Bonchev–Trinajstić information content (AvgIpc) is 2.38. The maximum absolute atomic E-state index is 3.60. The molecule has 1 nitrogen and oxygen atoms in total. The zero-order valence-corrected chi connectivity index (χ0v) is 13.5. The van der Waals surface area contributed by atoms with Crippen LogP contribution in [0.5, 0.6) is 0 Å². The van der Waals surface area contributed by atoms with E-state index in [-0.39, 0.29) is 0 Å². The van der Waals surface area contributed by atoms with Gasteiger partial charge in [-0.25, -0.2) is 0 Å². The van der Waals surface area contributed by atoms with E-state index < -0.39 is 0 Å². The molecule has 1 unspecified atom stereocenters. The highest BCUT2D eigenvalue weighted by Gasteiger charge is 2.27. The summed E-state index contributed by atoms with van der Waals surface area (Å²) in [6.07, 6.45) is 6.46. The predicted molar refractivity (Wildman–Crippen MR) is 89.1 cm³/mol. The van der Waals surface area contributed by atoms with Crippen molar-refractivity contribution in [2.24, 2.45) is 5.41 Å². The van der Waals surface area contributed by atoms with Crippen LogP contribution < -0.4 is 5.32 Å². The molecule has 0 saturated carbocycles. The number of anilines is 1. The summed E-state index contributed by atoms with van der Waals surface area (Å²) in [5, 5.41) is 3.60. The summed E-state index contributed by atoms with van der Waals surface area (Å²) in [6, 6.07) is 11.1. The smallest absolute Gasteiger partial charge is 0.0342 e. The van der Waals surface area contributed by atoms with Gasteiger partial charge in [0.2, 0.25) is 0 Å². The van der Waals surface area contributed by atoms with Crippen molar-refractivity contribution in [1.29, 1.82) is 0 Å². The van der Waals surface area contributed by atoms with Crippen LogP contribution in [0, 0.1) is 5.41 Å². The van der Waals surface area contributed by atoms with Crippen LogP contribution in [0.15, 0.2) is 41.5 Å². The number of para-hydroxylation sites is 1. The predicted octanol–water partition coefficient (Wildman–Crippen LogP) is 5.79. The van der Waals surface area contributed by atoms with E-state index in [1.807, 2.05) is 0 Å². The summed E-state index contributed by atoms with van der Waals surface area (Å²) < 4.78 is 0. The minimum atomic E-state index is 0.412. The van der Waals surface area contributed by atoms with Gasteiger partial charge in [-0.2, -0.15) is 0 Å². The molecule has 1 heteroatoms. The van der Waals surface area contributed by atoms with Crippen molar-refractivity contribution in [3.63, 3.8) is 0 Å². The van der Waals surface area contributed by atoms with E-state index in [0.29, 0.717) is 11.5 Å². The lowest BCUT2D eigenvalue weighted by Crippen LogP contribution is -2.23. The Kier molecular flexibility index (Phi) is 4.91. The largest absolute Gasteiger partial charge is 0.383 e. The molecule has 0 aromatic heterocycles. The van der Waals surface area contributed by atoms with Crippen molar-refractivity contribution in [2.75, 3.05) is 5.32 Å². The molecule has 20 heavy (non-hydrogen) atoms. The van der Waals surface area contributed by atoms with Crippen LogP contribution in [0.25, 0.3) is 0 Å². The highest BCUT2D eigenvalue weighted by atomic mass is 14.9. The molecule has 0 heterocycles. The first-order valence-electron chi connectivity index (χ1n) is 8.00. The Balaban J connectivity index is 1.91. The Morgan fingerprint density at radius 2 is 1.90 bits per heavy atom. The lowest BCUT2D eigenvalue weighted by molar-refractivity contribution is 0.350. The third-order valence-electron chi connectivity index (χ3n) is 4.70. The van der Waals surface area contributed by atoms with Crippen LogP contribution in [0.2, 0.25) is 0 Å². The quantitative estimate of drug-likeness (QED) is 0.668. The molecular formula is C19H29N. The van der Waals surface area contributed by atoms with Gasteiger partial charge in [0, 0.05) is 11.7 Å². The van der Waals surface area contributed by atoms with Gasteiger partial charge in [-0.1, -0.05) is 43.2 Å². The summed E-state index contributed by atoms with van der Waals surface area (Å²) in [7, 11) is 0. The molecule has 2 rings (SSSR count). The van der Waals surface area contributed by atoms with Gasteiger partial charge in [-0.3, -0.25) is 0 Å². The van der Waals surface area contributed by atoms with Crippen LogP contribution in [0.4, 0.5) is 5.69 Å². The Hall–Kier alpha value is -1.24. The van der Waals surface area contributed by atoms with Gasteiger partial charge in [0.15, 0.2) is 0 Å². The molecule has 0 radical (unpaired) electrons. The van der Waals surface area contributed by atoms with Gasteiger partial charge in [-0.15, -0.1) is 0 Å². The molecule has 0 amide bonds. The topological polar surface area (TPSA) is 12.0 Å². The molecular weight excluding hydrogens is 242 g/mol. The Morgan fingerprint density at radius 1 is 1.20 bits per heavy atom. The zero-order valence-electron chi connectivity index (χ0n) is 13.5. The molecule has 1 N–H and O–H groups in total. The number of rotatable bonds is 5. The van der Waals surface area contributed by atoms with Gasteiger partial charge in [0.25, 0.3) is 0 Å². The molecule has 110 valence electrons. The number of nitrogens with one attached hydrogen (secondary N) is 1. The highest BCUT2D eigenvalue weighted by molar-refractivity contribution is 5.43. The summed E-state index contributed by atoms with van der Waals surface area (Å²) in [4.78, 5) is 0. The molecule has 0 spiro atoms. The van der Waals surface area contributed by atoms with Crippen molar-refractivity contribution >= 4 is 5.69 Å². The van der Waals surface area contributed by atoms with E-state index in [9.17, 15) is 0 Å². The van der Waals surface area contributed by atoms with Gasteiger partial charge < -0.3 is 5.32 Å². The monoisotopic (exact) mass is 271 g/mol. The van der Waals surface area contributed by atoms with Crippen molar-refractivity contribution in [1.82, 2.24) is 0 Å². The van der Waals surface area contributed by atoms with Gasteiger partial charge in [0.1, 0.15) is 0 Å². The Labute approximate surface area is 124 Å². The summed E-state index contributed by atoms with van der Waals surface area (Å²) in [6.45, 7) is 9.46. The second-order valence-corrected chi connectivity index (χ2v) is 6.95. The maximum atomic E-state index is 3.60. The second-order valence-electron chi connectivity index (χ2n) is 6.95. The first-order valence-corrected chi connectivity index (χ1v) is 8.00. The summed E-state index contributed by atoms with van der Waals surface area (Å²) in [5.41, 5.74) is 5.00. The summed E-state index contributed by atoms with van der Waals surface area (Å²) >= 11 is 0. The fourth-order valence-electron chi connectivity index (χ4n) is 3.48. The maximum Gasteiger partial charge on any atom is 0.0342 e. The fourth-order valence-corrected chi connectivity index (χ4v) is 3.48. The van der Waals surface area contributed by atoms with Crippen LogP contribution in [0.3, 0.4) is 0 Å². The van der Waals surface area contributed by atoms with Crippen molar-refractivity contribution in [3.05, 3.63) is 41.5 Å². The summed E-state index contributed by atoms with van der Waals surface area (Å²) in [5.74, 6) is 0. The van der Waals surface area contributed by atoms with Crippen molar-refractivity contribution in [2.45, 2.75) is 65.8 Å². The molecule has 1 atom stereocenters. The number of hydrogen-bond acceptors (Lipinski definition) is 1. The lowest BCUT2D eigenvalue weighted by Gasteiger charge is -2.35. The van der Waals surface area contributed by atoms with Crippen LogP contribution >= 0.6 is 0 Å². The van der Waals surface area contributed by atoms with Crippen molar-refractivity contribution < 1.29 is 0 Å². The molecule has 0 bridgehead atoms. The Morgan fingerprint density at radius 3 is 2.55 bits per heavy atom. The number of benzene rings is 1. The minimum absolute atomic E-state index is 0.412. The van der Waals surface area contributed by atoms with E-state index in [1.165, 1.54) is 37.8 Å². The van der Waals surface area contributed by atoms with E-state index >= 15 is 0 Å². The molecule has 1 aliphatic rings. The third-order valence-corrected chi connectivity index (χ3v) is 4.70. The van der Waals surface area contributed by atoms with Gasteiger partial charge >= 0.3 is 0 Å². The normalized spacial score (nSPS) is 19.8. The first-order chi connectivity index (χ1) is 9.49. The molecule has 1 aromatic carbocycles. The number of hydrogen-bond donors (Lipinski definition) is 1. The van der Waals surface area contributed by atoms with E-state index in [2.05, 4.69) is 63.3 Å². The third kappa shape index (κ3) is 3.88. The highest BCUT2D eigenvalue weighted by Crippen LogP contribution is 2.42. The molecule has 0 saturated heterocycles. The number of allylic oxidation sites excluding steroid dienone is 2. The molecule has 0 aliphatic heterocycles. The standard InChI is InChI=1S/C19H29N/c1-15-9-8-14-19(3,4)18(15)13-12-16(2)20-17-10-6-5-7-11-17/h5-7,10-11,16,20H,8-9,12-14H2,1-4H3. The van der Waals surface area contributed by atoms with Crippen LogP contribution in [-0.4, -0.2) is 6.04 Å². The van der Waals surface area contributed by atoms with E-state index in [0.717, 1.165) is 0 Å². The second kappa shape index (κ2) is 6.47. The molecule has 0 fully saturated rings. The van der Waals surface area contributed by atoms with Crippen LogP contribution in [0.1, 0.15) is 59.8 Å². The zero-order chi connectivity index (χ0) is 14.6. The van der Waals surface area contributed by atoms with Crippen molar-refractivity contribution in [3.8, 4) is 0 Å². The Bertz CT molecular complexity index is 456. The van der Waals surface area contributed by atoms with Gasteiger partial charge in [-0.05, 0) is 63.5 Å².